The number of piperidine rings is 2. The van der Waals surface area contributed by atoms with Gasteiger partial charge in [-0.2, -0.15) is 0 Å². The van der Waals surface area contributed by atoms with Crippen LogP contribution in [-0.2, 0) is 19.0 Å². The molecular weight excluding hydrogens is 508 g/mol. The maximum atomic E-state index is 13.8. The summed E-state index contributed by atoms with van der Waals surface area (Å²) in [6, 6.07) is 18.7. The van der Waals surface area contributed by atoms with E-state index in [1.54, 1.807) is 36.4 Å². The quantitative estimate of drug-likeness (QED) is 0.381. The van der Waals surface area contributed by atoms with Crippen molar-refractivity contribution in [2.75, 3.05) is 20.7 Å². The van der Waals surface area contributed by atoms with Crippen LogP contribution in [0.5, 0.6) is 0 Å². The minimum absolute atomic E-state index is 0.0311. The number of rotatable bonds is 7. The van der Waals surface area contributed by atoms with Crippen LogP contribution in [0.25, 0.3) is 0 Å². The minimum atomic E-state index is -0.556. The summed E-state index contributed by atoms with van der Waals surface area (Å²) >= 11 is 0. The van der Waals surface area contributed by atoms with Crippen LogP contribution in [0, 0.1) is 11.8 Å². The van der Waals surface area contributed by atoms with Crippen LogP contribution in [0.3, 0.4) is 0 Å². The Kier molecular flexibility index (Phi) is 7.64. The van der Waals surface area contributed by atoms with E-state index >= 15 is 0 Å². The number of ether oxygens (including phenoxy) is 3. The predicted molar refractivity (Wildman–Crippen MR) is 148 cm³/mol. The standard InChI is InChI=1S/C32H38N2O6/c1-33-22-13-15-25(33)24(27(17-22)39-30(35)20-9-5-3-6-10-20)19-38-32(37)29-26-16-14-23(34(26)2)18-28(29)40-31(36)21-11-7-4-8-12-21/h3-12,22-29H,13-19H2,1-2H3/t22-,23+,24+,25+,26-,27-,28+,29-/m0/s1. The van der Waals surface area contributed by atoms with Crippen LogP contribution in [0.2, 0.25) is 0 Å². The largest absolute Gasteiger partial charge is 0.465 e. The molecule has 212 valence electrons. The van der Waals surface area contributed by atoms with Gasteiger partial charge in [-0.1, -0.05) is 36.4 Å². The van der Waals surface area contributed by atoms with Crippen molar-refractivity contribution in [3.05, 3.63) is 71.8 Å². The van der Waals surface area contributed by atoms with Gasteiger partial charge in [0, 0.05) is 42.9 Å². The fraction of sp³-hybridized carbons (Fsp3) is 0.531. The average Bonchev–Trinajstić information content (AvgIpc) is 3.35. The summed E-state index contributed by atoms with van der Waals surface area (Å²) in [5, 5.41) is 0. The summed E-state index contributed by atoms with van der Waals surface area (Å²) in [7, 11) is 4.16. The molecular formula is C32H38N2O6. The second kappa shape index (κ2) is 11.3. The predicted octanol–water partition coefficient (Wildman–Crippen LogP) is 3.95. The van der Waals surface area contributed by atoms with Gasteiger partial charge >= 0.3 is 17.9 Å². The fourth-order valence-corrected chi connectivity index (χ4v) is 7.57. The molecule has 6 rings (SSSR count). The van der Waals surface area contributed by atoms with E-state index in [1.165, 1.54) is 0 Å². The van der Waals surface area contributed by atoms with E-state index in [0.29, 0.717) is 23.6 Å². The SMILES string of the molecule is CN1[C@H]2CC[C@@H]1[C@@H](COC(=O)[C@@H]1[C@H](OC(=O)c3ccccc3)C[C@H]3CC[C@@H]1N3C)[C@@H](OC(=O)c1ccccc1)C2. The van der Waals surface area contributed by atoms with Crippen molar-refractivity contribution in [2.45, 2.75) is 74.9 Å². The molecule has 0 radical (unpaired) electrons. The number of benzene rings is 2. The molecule has 4 bridgehead atoms. The van der Waals surface area contributed by atoms with Crippen molar-refractivity contribution in [2.24, 2.45) is 11.8 Å². The lowest BCUT2D eigenvalue weighted by Gasteiger charge is -2.43. The first-order chi connectivity index (χ1) is 19.4. The summed E-state index contributed by atoms with van der Waals surface area (Å²) in [5.74, 6) is -1.77. The summed E-state index contributed by atoms with van der Waals surface area (Å²) in [6.45, 7) is 0.170. The molecule has 2 aromatic rings. The van der Waals surface area contributed by atoms with Crippen molar-refractivity contribution < 1.29 is 28.6 Å². The highest BCUT2D eigenvalue weighted by molar-refractivity contribution is 5.90. The molecule has 0 spiro atoms. The van der Waals surface area contributed by atoms with Crippen molar-refractivity contribution in [1.29, 1.82) is 0 Å². The summed E-state index contributed by atoms with van der Waals surface area (Å²) in [5.41, 5.74) is 0.999. The van der Waals surface area contributed by atoms with Gasteiger partial charge in [0.25, 0.3) is 0 Å². The van der Waals surface area contributed by atoms with Crippen LogP contribution in [0.4, 0.5) is 0 Å². The van der Waals surface area contributed by atoms with E-state index in [2.05, 4.69) is 16.8 Å². The highest BCUT2D eigenvalue weighted by Gasteiger charge is 2.52. The Labute approximate surface area is 235 Å². The van der Waals surface area contributed by atoms with E-state index in [1.807, 2.05) is 31.3 Å². The number of fused-ring (bicyclic) bond motifs is 4. The lowest BCUT2D eigenvalue weighted by atomic mass is 9.86. The second-order valence-corrected chi connectivity index (χ2v) is 11.8. The van der Waals surface area contributed by atoms with Gasteiger partial charge in [0.1, 0.15) is 18.1 Å². The lowest BCUT2D eigenvalue weighted by Crippen LogP contribution is -2.55. The summed E-state index contributed by atoms with van der Waals surface area (Å²) in [4.78, 5) is 44.3. The highest BCUT2D eigenvalue weighted by Crippen LogP contribution is 2.42. The van der Waals surface area contributed by atoms with Gasteiger partial charge in [-0.25, -0.2) is 9.59 Å². The van der Waals surface area contributed by atoms with Crippen LogP contribution in [0.15, 0.2) is 60.7 Å². The molecule has 0 aliphatic carbocycles. The smallest absolute Gasteiger partial charge is 0.338 e. The first kappa shape index (κ1) is 27.0. The van der Waals surface area contributed by atoms with Gasteiger partial charge in [0.15, 0.2) is 0 Å². The molecule has 0 unspecified atom stereocenters. The average molecular weight is 547 g/mol. The van der Waals surface area contributed by atoms with Crippen LogP contribution >= 0.6 is 0 Å². The van der Waals surface area contributed by atoms with E-state index in [4.69, 9.17) is 14.2 Å². The van der Waals surface area contributed by atoms with E-state index in [0.717, 1.165) is 32.1 Å². The third-order valence-electron chi connectivity index (χ3n) is 9.81. The molecule has 8 nitrogen and oxygen atoms in total. The molecule has 0 saturated carbocycles. The Hall–Kier alpha value is -3.23. The molecule has 0 N–H and O–H groups in total. The van der Waals surface area contributed by atoms with E-state index in [-0.39, 0.29) is 48.7 Å². The van der Waals surface area contributed by atoms with Gasteiger partial charge in [0.05, 0.1) is 17.7 Å². The van der Waals surface area contributed by atoms with Gasteiger partial charge in [-0.15, -0.1) is 0 Å². The Morgan fingerprint density at radius 1 is 0.700 bits per heavy atom. The minimum Gasteiger partial charge on any atom is -0.465 e. The molecule has 2 aromatic carbocycles. The Morgan fingerprint density at radius 3 is 1.80 bits per heavy atom. The van der Waals surface area contributed by atoms with E-state index < -0.39 is 18.0 Å². The monoisotopic (exact) mass is 546 g/mol. The molecule has 4 heterocycles. The van der Waals surface area contributed by atoms with Gasteiger partial charge < -0.3 is 14.2 Å². The number of hydrogen-bond acceptors (Lipinski definition) is 8. The number of carbonyl (C=O) groups excluding carboxylic acids is 3. The van der Waals surface area contributed by atoms with Crippen LogP contribution < -0.4 is 0 Å². The van der Waals surface area contributed by atoms with E-state index in [9.17, 15) is 14.4 Å². The zero-order chi connectivity index (χ0) is 27.8. The molecule has 4 saturated heterocycles. The first-order valence-electron chi connectivity index (χ1n) is 14.5. The number of hydrogen-bond donors (Lipinski definition) is 0. The molecule has 4 aliphatic rings. The number of nitrogens with zero attached hydrogens (tertiary/aromatic N) is 2. The van der Waals surface area contributed by atoms with Gasteiger partial charge in [0.2, 0.25) is 0 Å². The number of carbonyl (C=O) groups is 3. The molecule has 8 heteroatoms. The molecule has 0 aromatic heterocycles. The molecule has 4 fully saturated rings. The fourth-order valence-electron chi connectivity index (χ4n) is 7.57. The Morgan fingerprint density at radius 2 is 1.20 bits per heavy atom. The normalized spacial score (nSPS) is 33.4. The maximum absolute atomic E-state index is 13.8. The highest BCUT2D eigenvalue weighted by atomic mass is 16.6. The third kappa shape index (κ3) is 5.15. The molecule has 40 heavy (non-hydrogen) atoms. The van der Waals surface area contributed by atoms with Gasteiger partial charge in [-0.3, -0.25) is 14.6 Å². The zero-order valence-electron chi connectivity index (χ0n) is 23.2. The zero-order valence-corrected chi connectivity index (χ0v) is 23.2. The first-order valence-corrected chi connectivity index (χ1v) is 14.5. The van der Waals surface area contributed by atoms with Crippen LogP contribution in [-0.4, -0.2) is 84.8 Å². The second-order valence-electron chi connectivity index (χ2n) is 11.8. The lowest BCUT2D eigenvalue weighted by molar-refractivity contribution is -0.163. The Bertz CT molecular complexity index is 1220. The molecule has 0 amide bonds. The summed E-state index contributed by atoms with van der Waals surface area (Å²) in [6.07, 6.45) is 4.33. The maximum Gasteiger partial charge on any atom is 0.338 e. The van der Waals surface area contributed by atoms with Crippen molar-refractivity contribution in [3.8, 4) is 0 Å². The third-order valence-corrected chi connectivity index (χ3v) is 9.81. The van der Waals surface area contributed by atoms with Gasteiger partial charge in [-0.05, 0) is 64.0 Å². The number of esters is 3. The topological polar surface area (TPSA) is 85.4 Å². The van der Waals surface area contributed by atoms with Crippen molar-refractivity contribution >= 4 is 17.9 Å². The summed E-state index contributed by atoms with van der Waals surface area (Å²) < 4.78 is 18.1. The van der Waals surface area contributed by atoms with Crippen molar-refractivity contribution in [1.82, 2.24) is 9.80 Å². The van der Waals surface area contributed by atoms with Crippen molar-refractivity contribution in [3.63, 3.8) is 0 Å². The molecule has 4 aliphatic heterocycles. The van der Waals surface area contributed by atoms with Crippen LogP contribution in [0.1, 0.15) is 59.2 Å². The Balaban J connectivity index is 1.17. The molecule has 8 atom stereocenters.